The van der Waals surface area contributed by atoms with Gasteiger partial charge in [-0.3, -0.25) is 9.59 Å². The highest BCUT2D eigenvalue weighted by Crippen LogP contribution is 2.30. The maximum absolute atomic E-state index is 13.1. The van der Waals surface area contributed by atoms with Crippen molar-refractivity contribution in [3.05, 3.63) is 54.1 Å². The third-order valence-corrected chi connectivity index (χ3v) is 5.16. The van der Waals surface area contributed by atoms with E-state index in [4.69, 9.17) is 9.47 Å². The van der Waals surface area contributed by atoms with Crippen LogP contribution in [0.4, 0.5) is 5.69 Å². The Hall–Kier alpha value is -2.82. The summed E-state index contributed by atoms with van der Waals surface area (Å²) in [5.41, 5.74) is 1.45. The summed E-state index contributed by atoms with van der Waals surface area (Å²) in [4.78, 5) is 26.5. The predicted molar refractivity (Wildman–Crippen MR) is 109 cm³/mol. The van der Waals surface area contributed by atoms with Crippen LogP contribution >= 0.6 is 0 Å². The Balaban J connectivity index is 1.76. The highest BCUT2D eigenvalue weighted by atomic mass is 16.5. The molecule has 2 aromatic rings. The van der Waals surface area contributed by atoms with Crippen LogP contribution in [-0.4, -0.2) is 31.4 Å². The second-order valence-corrected chi connectivity index (χ2v) is 7.10. The molecule has 1 amide bonds. The van der Waals surface area contributed by atoms with Crippen LogP contribution in [0.2, 0.25) is 0 Å². The fourth-order valence-electron chi connectivity index (χ4n) is 3.70. The average molecular weight is 381 g/mol. The Morgan fingerprint density at radius 1 is 1.00 bits per heavy atom. The summed E-state index contributed by atoms with van der Waals surface area (Å²) in [6, 6.07) is 15.0. The molecule has 5 nitrogen and oxygen atoms in total. The van der Waals surface area contributed by atoms with Crippen LogP contribution in [0.15, 0.2) is 48.5 Å². The molecule has 3 rings (SSSR count). The maximum atomic E-state index is 13.1. The van der Waals surface area contributed by atoms with E-state index in [-0.39, 0.29) is 24.3 Å². The fraction of sp³-hybridized carbons (Fsp3) is 0.391. The van der Waals surface area contributed by atoms with Crippen molar-refractivity contribution < 1.29 is 19.1 Å². The molecule has 148 valence electrons. The summed E-state index contributed by atoms with van der Waals surface area (Å²) >= 11 is 0. The van der Waals surface area contributed by atoms with Crippen LogP contribution < -0.4 is 14.4 Å². The van der Waals surface area contributed by atoms with Crippen molar-refractivity contribution in [3.8, 4) is 11.5 Å². The molecule has 0 bridgehead atoms. The normalized spacial score (nSPS) is 14.4. The van der Waals surface area contributed by atoms with E-state index < -0.39 is 0 Å². The van der Waals surface area contributed by atoms with Gasteiger partial charge in [0.15, 0.2) is 23.9 Å². The van der Waals surface area contributed by atoms with Gasteiger partial charge in [0.1, 0.15) is 0 Å². The summed E-state index contributed by atoms with van der Waals surface area (Å²) < 4.78 is 11.1. The minimum Gasteiger partial charge on any atom is -0.493 e. The molecule has 1 aliphatic carbocycles. The van der Waals surface area contributed by atoms with Crippen molar-refractivity contribution in [2.45, 2.75) is 45.1 Å². The molecule has 2 aromatic carbocycles. The van der Waals surface area contributed by atoms with E-state index in [1.807, 2.05) is 35.2 Å². The van der Waals surface area contributed by atoms with Gasteiger partial charge < -0.3 is 14.4 Å². The van der Waals surface area contributed by atoms with Gasteiger partial charge in [0.2, 0.25) is 0 Å². The first kappa shape index (κ1) is 19.9. The first-order chi connectivity index (χ1) is 13.6. The Bertz CT molecular complexity index is 813. The van der Waals surface area contributed by atoms with Crippen molar-refractivity contribution in [2.75, 3.05) is 18.6 Å². The Labute approximate surface area is 166 Å². The lowest BCUT2D eigenvalue weighted by Gasteiger charge is -2.34. The molecular formula is C23H27NO4. The SMILES string of the molecule is COc1cc(C(C)=O)ccc1OCC(=O)N(c1ccccc1)C1CCCCC1. The number of benzene rings is 2. The van der Waals surface area contributed by atoms with Crippen molar-refractivity contribution in [1.82, 2.24) is 0 Å². The summed E-state index contributed by atoms with van der Waals surface area (Å²) in [6.07, 6.45) is 5.53. The van der Waals surface area contributed by atoms with Crippen LogP contribution in [0.25, 0.3) is 0 Å². The molecule has 1 aliphatic rings. The summed E-state index contributed by atoms with van der Waals surface area (Å²) in [7, 11) is 1.52. The number of carbonyl (C=O) groups excluding carboxylic acids is 2. The minimum atomic E-state index is -0.0822. The van der Waals surface area contributed by atoms with Crippen molar-refractivity contribution >= 4 is 17.4 Å². The fourth-order valence-corrected chi connectivity index (χ4v) is 3.70. The van der Waals surface area contributed by atoms with Gasteiger partial charge in [-0.1, -0.05) is 37.5 Å². The Morgan fingerprint density at radius 2 is 1.71 bits per heavy atom. The molecule has 1 saturated carbocycles. The monoisotopic (exact) mass is 381 g/mol. The van der Waals surface area contributed by atoms with E-state index in [2.05, 4.69) is 0 Å². The summed E-state index contributed by atoms with van der Waals surface area (Å²) in [5.74, 6) is 0.784. The predicted octanol–water partition coefficient (Wildman–Crippen LogP) is 4.64. The van der Waals surface area contributed by atoms with E-state index in [0.29, 0.717) is 17.1 Å². The van der Waals surface area contributed by atoms with E-state index in [1.165, 1.54) is 20.5 Å². The van der Waals surface area contributed by atoms with E-state index in [9.17, 15) is 9.59 Å². The number of hydrogen-bond acceptors (Lipinski definition) is 4. The number of rotatable bonds is 7. The molecule has 0 atom stereocenters. The van der Waals surface area contributed by atoms with Gasteiger partial charge in [0, 0.05) is 17.3 Å². The van der Waals surface area contributed by atoms with Crippen LogP contribution in [-0.2, 0) is 4.79 Å². The van der Waals surface area contributed by atoms with E-state index >= 15 is 0 Å². The number of methoxy groups -OCH3 is 1. The van der Waals surface area contributed by atoms with Gasteiger partial charge in [-0.25, -0.2) is 0 Å². The third kappa shape index (κ3) is 4.71. The van der Waals surface area contributed by atoms with E-state index in [0.717, 1.165) is 31.4 Å². The molecule has 0 saturated heterocycles. The lowest BCUT2D eigenvalue weighted by atomic mass is 9.93. The number of para-hydroxylation sites is 1. The first-order valence-electron chi connectivity index (χ1n) is 9.79. The van der Waals surface area contributed by atoms with Gasteiger partial charge in [0.05, 0.1) is 7.11 Å². The van der Waals surface area contributed by atoms with Gasteiger partial charge in [0.25, 0.3) is 5.91 Å². The standard InChI is InChI=1S/C23H27NO4/c1-17(25)18-13-14-21(22(15-18)27-2)28-16-23(26)24(19-9-5-3-6-10-19)20-11-7-4-8-12-20/h3,5-6,9-10,13-15,20H,4,7-8,11-12,16H2,1-2H3. The number of ketones is 1. The molecular weight excluding hydrogens is 354 g/mol. The van der Waals surface area contributed by atoms with Gasteiger partial charge in [-0.15, -0.1) is 0 Å². The quantitative estimate of drug-likeness (QED) is 0.656. The molecule has 0 aromatic heterocycles. The van der Waals surface area contributed by atoms with Crippen molar-refractivity contribution in [3.63, 3.8) is 0 Å². The average Bonchev–Trinajstić information content (AvgIpc) is 2.73. The molecule has 0 heterocycles. The molecule has 5 heteroatoms. The smallest absolute Gasteiger partial charge is 0.265 e. The maximum Gasteiger partial charge on any atom is 0.265 e. The van der Waals surface area contributed by atoms with Gasteiger partial charge in [-0.2, -0.15) is 0 Å². The second kappa shape index (κ2) is 9.40. The lowest BCUT2D eigenvalue weighted by Crippen LogP contribution is -2.44. The minimum absolute atomic E-state index is 0.0477. The number of carbonyl (C=O) groups is 2. The van der Waals surface area contributed by atoms with Gasteiger partial charge in [-0.05, 0) is 50.1 Å². The number of anilines is 1. The number of Topliss-reactive ketones (excluding diaryl/α,β-unsaturated/α-hetero) is 1. The van der Waals surface area contributed by atoms with Crippen LogP contribution in [0.1, 0.15) is 49.4 Å². The Kier molecular flexibility index (Phi) is 6.69. The number of ether oxygens (including phenoxy) is 2. The second-order valence-electron chi connectivity index (χ2n) is 7.10. The highest BCUT2D eigenvalue weighted by molar-refractivity contribution is 5.96. The number of amides is 1. The van der Waals surface area contributed by atoms with Gasteiger partial charge >= 0.3 is 0 Å². The van der Waals surface area contributed by atoms with Crippen molar-refractivity contribution in [2.24, 2.45) is 0 Å². The molecule has 0 spiro atoms. The Morgan fingerprint density at radius 3 is 2.36 bits per heavy atom. The molecule has 0 radical (unpaired) electrons. The number of nitrogens with zero attached hydrogens (tertiary/aromatic N) is 1. The highest BCUT2D eigenvalue weighted by Gasteiger charge is 2.27. The molecule has 0 N–H and O–H groups in total. The van der Waals surface area contributed by atoms with Crippen LogP contribution in [0.3, 0.4) is 0 Å². The molecule has 28 heavy (non-hydrogen) atoms. The molecule has 0 aliphatic heterocycles. The zero-order valence-corrected chi connectivity index (χ0v) is 16.5. The zero-order valence-electron chi connectivity index (χ0n) is 16.5. The zero-order chi connectivity index (χ0) is 19.9. The van der Waals surface area contributed by atoms with E-state index in [1.54, 1.807) is 18.2 Å². The largest absolute Gasteiger partial charge is 0.493 e. The van der Waals surface area contributed by atoms with Crippen molar-refractivity contribution in [1.29, 1.82) is 0 Å². The lowest BCUT2D eigenvalue weighted by molar-refractivity contribution is -0.121. The summed E-state index contributed by atoms with van der Waals surface area (Å²) in [6.45, 7) is 1.42. The first-order valence-corrected chi connectivity index (χ1v) is 9.79. The van der Waals surface area contributed by atoms with Crippen LogP contribution in [0.5, 0.6) is 11.5 Å². The topological polar surface area (TPSA) is 55.8 Å². The van der Waals surface area contributed by atoms with Crippen LogP contribution in [0, 0.1) is 0 Å². The molecule has 1 fully saturated rings. The summed E-state index contributed by atoms with van der Waals surface area (Å²) in [5, 5.41) is 0. The number of hydrogen-bond donors (Lipinski definition) is 0. The molecule has 0 unspecified atom stereocenters. The third-order valence-electron chi connectivity index (χ3n) is 5.16.